The van der Waals surface area contributed by atoms with Crippen molar-refractivity contribution in [3.63, 3.8) is 0 Å². The minimum absolute atomic E-state index is 0.322. The number of carboxylic acid groups (broad SMARTS) is 1. The molecular formula is C7H3F3INO2. The number of hydrogen-bond donors (Lipinski definition) is 1. The Bertz CT molecular complexity index is 383. The summed E-state index contributed by atoms with van der Waals surface area (Å²) in [7, 11) is 0. The third kappa shape index (κ3) is 1.97. The van der Waals surface area contributed by atoms with Gasteiger partial charge in [0.1, 0.15) is 0 Å². The molecule has 1 heterocycles. The topological polar surface area (TPSA) is 50.2 Å². The van der Waals surface area contributed by atoms with Gasteiger partial charge in [0.15, 0.2) is 0 Å². The number of aromatic carboxylic acids is 1. The lowest BCUT2D eigenvalue weighted by Gasteiger charge is -2.06. The average molecular weight is 317 g/mol. The number of carboxylic acids is 1. The number of nitrogens with zero attached hydrogens (tertiary/aromatic N) is 1. The molecule has 76 valence electrons. The van der Waals surface area contributed by atoms with Crippen LogP contribution in [0.3, 0.4) is 0 Å². The third-order valence-electron chi connectivity index (χ3n) is 1.45. The minimum Gasteiger partial charge on any atom is -0.478 e. The fraction of sp³-hybridized carbons (Fsp3) is 0.143. The van der Waals surface area contributed by atoms with Crippen LogP contribution in [-0.2, 0) is 0 Å². The Morgan fingerprint density at radius 2 is 2.14 bits per heavy atom. The van der Waals surface area contributed by atoms with E-state index < -0.39 is 29.5 Å². The molecule has 0 aliphatic heterocycles. The Balaban J connectivity index is 3.41. The van der Waals surface area contributed by atoms with Gasteiger partial charge in [-0.1, -0.05) is 0 Å². The summed E-state index contributed by atoms with van der Waals surface area (Å²) in [5, 5.41) is 8.55. The van der Waals surface area contributed by atoms with Crippen molar-refractivity contribution in [3.8, 4) is 0 Å². The summed E-state index contributed by atoms with van der Waals surface area (Å²) in [5.41, 5.74) is -1.40. The second-order valence-corrected chi connectivity index (χ2v) is 3.37. The van der Waals surface area contributed by atoms with Crippen LogP contribution >= 0.6 is 22.6 Å². The molecule has 0 spiro atoms. The average Bonchev–Trinajstić information content (AvgIpc) is 2.02. The Hall–Kier alpha value is -0.860. The normalized spacial score (nSPS) is 10.6. The van der Waals surface area contributed by atoms with Gasteiger partial charge in [0.05, 0.1) is 11.1 Å². The summed E-state index contributed by atoms with van der Waals surface area (Å²) in [5.74, 6) is -2.75. The van der Waals surface area contributed by atoms with Gasteiger partial charge in [0, 0.05) is 9.77 Å². The summed E-state index contributed by atoms with van der Waals surface area (Å²) in [6, 6.07) is 0. The Labute approximate surface area is 90.1 Å². The fourth-order valence-electron chi connectivity index (χ4n) is 0.818. The molecule has 0 atom stereocenters. The van der Waals surface area contributed by atoms with Crippen molar-refractivity contribution in [1.82, 2.24) is 4.98 Å². The first-order chi connectivity index (χ1) is 6.45. The largest absolute Gasteiger partial charge is 0.478 e. The highest BCUT2D eigenvalue weighted by molar-refractivity contribution is 14.1. The number of halogens is 4. The van der Waals surface area contributed by atoms with Crippen LogP contribution in [0.2, 0.25) is 0 Å². The molecule has 0 saturated heterocycles. The van der Waals surface area contributed by atoms with Gasteiger partial charge in [-0.15, -0.1) is 0 Å². The van der Waals surface area contributed by atoms with Crippen LogP contribution < -0.4 is 0 Å². The van der Waals surface area contributed by atoms with Crippen LogP contribution in [0.15, 0.2) is 6.20 Å². The molecule has 0 fully saturated rings. The lowest BCUT2D eigenvalue weighted by Crippen LogP contribution is -2.07. The molecular weight excluding hydrogens is 314 g/mol. The number of pyridine rings is 1. The van der Waals surface area contributed by atoms with E-state index in [1.165, 1.54) is 22.6 Å². The zero-order valence-corrected chi connectivity index (χ0v) is 8.63. The summed E-state index contributed by atoms with van der Waals surface area (Å²) in [6.45, 7) is 0. The molecule has 14 heavy (non-hydrogen) atoms. The number of carbonyl (C=O) groups is 1. The number of hydrogen-bond acceptors (Lipinski definition) is 2. The molecule has 0 radical (unpaired) electrons. The van der Waals surface area contributed by atoms with Crippen LogP contribution in [-0.4, -0.2) is 16.1 Å². The fourth-order valence-corrected chi connectivity index (χ4v) is 1.65. The Morgan fingerprint density at radius 3 is 2.57 bits per heavy atom. The number of aromatic nitrogens is 1. The van der Waals surface area contributed by atoms with Crippen molar-refractivity contribution in [2.24, 2.45) is 0 Å². The molecule has 1 rings (SSSR count). The molecule has 3 nitrogen and oxygen atoms in total. The van der Waals surface area contributed by atoms with E-state index in [1.54, 1.807) is 0 Å². The Morgan fingerprint density at radius 1 is 1.57 bits per heavy atom. The Kier molecular flexibility index (Phi) is 3.29. The van der Waals surface area contributed by atoms with Crippen molar-refractivity contribution in [3.05, 3.63) is 26.8 Å². The van der Waals surface area contributed by atoms with Gasteiger partial charge >= 0.3 is 5.97 Å². The van der Waals surface area contributed by atoms with Gasteiger partial charge in [-0.05, 0) is 22.6 Å². The van der Waals surface area contributed by atoms with Gasteiger partial charge in [-0.25, -0.2) is 18.6 Å². The molecule has 0 saturated carbocycles. The van der Waals surface area contributed by atoms with E-state index in [1.807, 2.05) is 0 Å². The first kappa shape index (κ1) is 11.2. The van der Waals surface area contributed by atoms with Crippen molar-refractivity contribution in [2.75, 3.05) is 0 Å². The predicted octanol–water partition coefficient (Wildman–Crippen LogP) is 2.46. The second-order valence-electron chi connectivity index (χ2n) is 2.30. The molecule has 1 aromatic rings. The van der Waals surface area contributed by atoms with Crippen LogP contribution in [0.4, 0.5) is 13.2 Å². The molecule has 7 heteroatoms. The highest BCUT2D eigenvalue weighted by Gasteiger charge is 2.23. The van der Waals surface area contributed by atoms with E-state index in [9.17, 15) is 18.0 Å². The highest BCUT2D eigenvalue weighted by atomic mass is 127. The molecule has 0 unspecified atom stereocenters. The minimum atomic E-state index is -3.08. The van der Waals surface area contributed by atoms with E-state index in [2.05, 4.69) is 4.98 Å². The second kappa shape index (κ2) is 4.11. The lowest BCUT2D eigenvalue weighted by atomic mass is 10.2. The quantitative estimate of drug-likeness (QED) is 0.673. The van der Waals surface area contributed by atoms with Crippen molar-refractivity contribution in [1.29, 1.82) is 0 Å². The predicted molar refractivity (Wildman–Crippen MR) is 48.8 cm³/mol. The van der Waals surface area contributed by atoms with E-state index in [0.717, 1.165) is 0 Å². The summed E-state index contributed by atoms with van der Waals surface area (Å²) >= 11 is 1.36. The summed E-state index contributed by atoms with van der Waals surface area (Å²) < 4.78 is 36.9. The van der Waals surface area contributed by atoms with E-state index >= 15 is 0 Å². The van der Waals surface area contributed by atoms with E-state index in [4.69, 9.17) is 5.11 Å². The van der Waals surface area contributed by atoms with Crippen LogP contribution in [0, 0.1) is 9.52 Å². The SMILES string of the molecule is O=C(O)c1cnc(F)c(C(F)F)c1I. The first-order valence-electron chi connectivity index (χ1n) is 3.30. The maximum atomic E-state index is 12.8. The van der Waals surface area contributed by atoms with Gasteiger partial charge in [-0.2, -0.15) is 4.39 Å². The summed E-state index contributed by atoms with van der Waals surface area (Å²) in [4.78, 5) is 13.4. The van der Waals surface area contributed by atoms with E-state index in [-0.39, 0.29) is 3.57 Å². The van der Waals surface area contributed by atoms with Crippen LogP contribution in [0.25, 0.3) is 0 Å². The van der Waals surface area contributed by atoms with Gasteiger partial charge in [0.2, 0.25) is 5.95 Å². The molecule has 0 amide bonds. The first-order valence-corrected chi connectivity index (χ1v) is 4.38. The standard InChI is InChI=1S/C7H3F3INO2/c8-5(9)3-4(11)2(7(13)14)1-12-6(3)10/h1,5H,(H,13,14). The molecule has 0 aromatic carbocycles. The third-order valence-corrected chi connectivity index (χ3v) is 2.61. The lowest BCUT2D eigenvalue weighted by molar-refractivity contribution is 0.0694. The van der Waals surface area contributed by atoms with Crippen molar-refractivity contribution >= 4 is 28.6 Å². The van der Waals surface area contributed by atoms with E-state index in [0.29, 0.717) is 6.20 Å². The molecule has 1 aromatic heterocycles. The van der Waals surface area contributed by atoms with Gasteiger partial charge in [-0.3, -0.25) is 0 Å². The maximum absolute atomic E-state index is 12.8. The van der Waals surface area contributed by atoms with Gasteiger partial charge in [0.25, 0.3) is 6.43 Å². The zero-order chi connectivity index (χ0) is 10.9. The van der Waals surface area contributed by atoms with Crippen LogP contribution in [0.1, 0.15) is 22.3 Å². The maximum Gasteiger partial charge on any atom is 0.338 e. The van der Waals surface area contributed by atoms with Gasteiger partial charge < -0.3 is 5.11 Å². The molecule has 0 aliphatic rings. The van der Waals surface area contributed by atoms with Crippen molar-refractivity contribution < 1.29 is 23.1 Å². The zero-order valence-electron chi connectivity index (χ0n) is 6.47. The summed E-state index contributed by atoms with van der Waals surface area (Å²) in [6.07, 6.45) is -2.36. The molecule has 0 bridgehead atoms. The molecule has 0 aliphatic carbocycles. The number of rotatable bonds is 2. The highest BCUT2D eigenvalue weighted by Crippen LogP contribution is 2.28. The van der Waals surface area contributed by atoms with Crippen LogP contribution in [0.5, 0.6) is 0 Å². The monoisotopic (exact) mass is 317 g/mol. The van der Waals surface area contributed by atoms with Crippen molar-refractivity contribution in [2.45, 2.75) is 6.43 Å². The molecule has 1 N–H and O–H groups in total. The smallest absolute Gasteiger partial charge is 0.338 e. The number of alkyl halides is 2.